The van der Waals surface area contributed by atoms with Crippen LogP contribution in [-0.2, 0) is 13.1 Å². The van der Waals surface area contributed by atoms with Gasteiger partial charge in [0.2, 0.25) is 0 Å². The monoisotopic (exact) mass is 316 g/mol. The molecule has 23 heavy (non-hydrogen) atoms. The smallest absolute Gasteiger partial charge is 0.255 e. The average molecular weight is 316 g/mol. The predicted molar refractivity (Wildman–Crippen MR) is 88.4 cm³/mol. The summed E-state index contributed by atoms with van der Waals surface area (Å²) in [6.45, 7) is 3.25. The molecule has 0 amide bonds. The minimum Gasteiger partial charge on any atom is -0.296 e. The molecule has 1 atom stereocenters. The molecule has 0 aromatic heterocycles. The highest BCUT2D eigenvalue weighted by Gasteiger charge is 2.33. The summed E-state index contributed by atoms with van der Waals surface area (Å²) in [6.07, 6.45) is -2.32. The number of hydrogen-bond acceptors (Lipinski definition) is 2. The Morgan fingerprint density at radius 3 is 1.96 bits per heavy atom. The minimum atomic E-state index is -2.32. The fourth-order valence-corrected chi connectivity index (χ4v) is 3.15. The molecular formula is C19H22F2N2. The van der Waals surface area contributed by atoms with Gasteiger partial charge < -0.3 is 0 Å². The average Bonchev–Trinajstić information content (AvgIpc) is 2.58. The van der Waals surface area contributed by atoms with Gasteiger partial charge in [0.1, 0.15) is 0 Å². The molecule has 1 aliphatic rings. The lowest BCUT2D eigenvalue weighted by Crippen LogP contribution is -2.55. The zero-order valence-corrected chi connectivity index (χ0v) is 13.1. The minimum absolute atomic E-state index is 0.416. The Morgan fingerprint density at radius 2 is 1.39 bits per heavy atom. The molecule has 0 aliphatic carbocycles. The van der Waals surface area contributed by atoms with Crippen molar-refractivity contribution in [2.45, 2.75) is 25.6 Å². The van der Waals surface area contributed by atoms with Gasteiger partial charge in [-0.05, 0) is 11.1 Å². The number of nitrogens with zero attached hydrogens (tertiary/aromatic N) is 2. The van der Waals surface area contributed by atoms with Crippen LogP contribution in [0.25, 0.3) is 0 Å². The van der Waals surface area contributed by atoms with E-state index in [4.69, 9.17) is 0 Å². The molecule has 4 heteroatoms. The van der Waals surface area contributed by atoms with Crippen LogP contribution in [0.2, 0.25) is 0 Å². The fraction of sp³-hybridized carbons (Fsp3) is 0.368. The fourth-order valence-electron chi connectivity index (χ4n) is 3.15. The van der Waals surface area contributed by atoms with Gasteiger partial charge in [-0.15, -0.1) is 0 Å². The molecule has 1 heterocycles. The molecular weight excluding hydrogens is 294 g/mol. The molecule has 122 valence electrons. The van der Waals surface area contributed by atoms with Gasteiger partial charge in [0.15, 0.2) is 0 Å². The molecule has 2 nitrogen and oxygen atoms in total. The molecule has 1 fully saturated rings. The Kier molecular flexibility index (Phi) is 5.36. The third-order valence-electron chi connectivity index (χ3n) is 4.39. The molecule has 2 aromatic rings. The lowest BCUT2D eigenvalue weighted by atomic mass is 10.1. The normalized spacial score (nSPS) is 20.0. The quantitative estimate of drug-likeness (QED) is 0.831. The van der Waals surface area contributed by atoms with Crippen LogP contribution in [0.5, 0.6) is 0 Å². The number of rotatable bonds is 5. The van der Waals surface area contributed by atoms with E-state index >= 15 is 0 Å². The first-order chi connectivity index (χ1) is 11.2. The summed E-state index contributed by atoms with van der Waals surface area (Å²) < 4.78 is 27.0. The Labute approximate surface area is 136 Å². The van der Waals surface area contributed by atoms with E-state index in [1.807, 2.05) is 65.6 Å². The van der Waals surface area contributed by atoms with Crippen molar-refractivity contribution < 1.29 is 8.78 Å². The van der Waals surface area contributed by atoms with Crippen molar-refractivity contribution in [2.24, 2.45) is 0 Å². The number of benzene rings is 2. The van der Waals surface area contributed by atoms with E-state index in [1.54, 1.807) is 0 Å². The third-order valence-corrected chi connectivity index (χ3v) is 4.39. The van der Waals surface area contributed by atoms with Gasteiger partial charge in [0, 0.05) is 32.7 Å². The maximum Gasteiger partial charge on any atom is 0.255 e. The van der Waals surface area contributed by atoms with Crippen LogP contribution in [0.15, 0.2) is 60.7 Å². The number of hydrogen-bond donors (Lipinski definition) is 0. The second-order valence-corrected chi connectivity index (χ2v) is 6.08. The van der Waals surface area contributed by atoms with Crippen molar-refractivity contribution in [1.82, 2.24) is 9.80 Å². The Bertz CT molecular complexity index is 589. The lowest BCUT2D eigenvalue weighted by Gasteiger charge is -2.41. The van der Waals surface area contributed by atoms with Gasteiger partial charge in [-0.1, -0.05) is 60.7 Å². The SMILES string of the molecule is FC(F)C1CN(Cc2ccccc2)CCN1Cc1ccccc1. The largest absolute Gasteiger partial charge is 0.296 e. The van der Waals surface area contributed by atoms with Crippen molar-refractivity contribution in [1.29, 1.82) is 0 Å². The molecule has 3 rings (SSSR count). The number of piperazine rings is 1. The van der Waals surface area contributed by atoms with Gasteiger partial charge in [0.05, 0.1) is 6.04 Å². The van der Waals surface area contributed by atoms with Crippen molar-refractivity contribution in [3.8, 4) is 0 Å². The number of alkyl halides is 2. The van der Waals surface area contributed by atoms with Crippen LogP contribution in [0.1, 0.15) is 11.1 Å². The zero-order valence-electron chi connectivity index (χ0n) is 13.1. The van der Waals surface area contributed by atoms with Crippen LogP contribution < -0.4 is 0 Å². The first kappa shape index (κ1) is 16.1. The second-order valence-electron chi connectivity index (χ2n) is 6.08. The molecule has 0 bridgehead atoms. The highest BCUT2D eigenvalue weighted by atomic mass is 19.3. The number of halogens is 2. The molecule has 0 radical (unpaired) electrons. The van der Waals surface area contributed by atoms with Gasteiger partial charge in [-0.3, -0.25) is 9.80 Å². The predicted octanol–water partition coefficient (Wildman–Crippen LogP) is 3.64. The molecule has 0 N–H and O–H groups in total. The molecule has 1 saturated heterocycles. The summed E-state index contributed by atoms with van der Waals surface area (Å²) >= 11 is 0. The molecule has 1 aliphatic heterocycles. The van der Waals surface area contributed by atoms with E-state index in [0.717, 1.165) is 18.7 Å². The van der Waals surface area contributed by atoms with Crippen molar-refractivity contribution in [2.75, 3.05) is 19.6 Å². The highest BCUT2D eigenvalue weighted by Crippen LogP contribution is 2.20. The summed E-state index contributed by atoms with van der Waals surface area (Å²) in [5.74, 6) is 0. The lowest BCUT2D eigenvalue weighted by molar-refractivity contribution is -0.0300. The van der Waals surface area contributed by atoms with Gasteiger partial charge in [-0.2, -0.15) is 0 Å². The van der Waals surface area contributed by atoms with Crippen molar-refractivity contribution >= 4 is 0 Å². The van der Waals surface area contributed by atoms with Crippen LogP contribution >= 0.6 is 0 Å². The Morgan fingerprint density at radius 1 is 0.826 bits per heavy atom. The van der Waals surface area contributed by atoms with Crippen LogP contribution in [0.4, 0.5) is 8.78 Å². The molecule has 1 unspecified atom stereocenters. The van der Waals surface area contributed by atoms with E-state index < -0.39 is 12.5 Å². The molecule has 2 aromatic carbocycles. The maximum absolute atomic E-state index is 13.5. The maximum atomic E-state index is 13.5. The Balaban J connectivity index is 1.64. The summed E-state index contributed by atoms with van der Waals surface area (Å²) in [4.78, 5) is 4.05. The van der Waals surface area contributed by atoms with Crippen molar-refractivity contribution in [3.05, 3.63) is 71.8 Å². The first-order valence-corrected chi connectivity index (χ1v) is 8.05. The van der Waals surface area contributed by atoms with E-state index in [-0.39, 0.29) is 0 Å². The standard InChI is InChI=1S/C19H22F2N2/c20-19(21)18-15-22(13-16-7-3-1-4-8-16)11-12-23(18)14-17-9-5-2-6-10-17/h1-10,18-19H,11-15H2. The third kappa shape index (κ3) is 4.36. The molecule has 0 saturated carbocycles. The summed E-state index contributed by atoms with van der Waals surface area (Å²) in [5.41, 5.74) is 2.27. The van der Waals surface area contributed by atoms with Crippen LogP contribution in [0, 0.1) is 0 Å². The van der Waals surface area contributed by atoms with Gasteiger partial charge in [-0.25, -0.2) is 8.78 Å². The van der Waals surface area contributed by atoms with E-state index in [9.17, 15) is 8.78 Å². The van der Waals surface area contributed by atoms with E-state index in [1.165, 1.54) is 5.56 Å². The summed E-state index contributed by atoms with van der Waals surface area (Å²) in [5, 5.41) is 0. The summed E-state index contributed by atoms with van der Waals surface area (Å²) in [7, 11) is 0. The highest BCUT2D eigenvalue weighted by molar-refractivity contribution is 5.16. The van der Waals surface area contributed by atoms with E-state index in [2.05, 4.69) is 4.90 Å². The summed E-state index contributed by atoms with van der Waals surface area (Å²) in [6, 6.07) is 19.2. The second kappa shape index (κ2) is 7.66. The molecule has 0 spiro atoms. The van der Waals surface area contributed by atoms with Crippen molar-refractivity contribution in [3.63, 3.8) is 0 Å². The Hall–Kier alpha value is -1.78. The van der Waals surface area contributed by atoms with E-state index in [0.29, 0.717) is 19.6 Å². The van der Waals surface area contributed by atoms with Gasteiger partial charge in [0.25, 0.3) is 6.43 Å². The van der Waals surface area contributed by atoms with Gasteiger partial charge >= 0.3 is 0 Å². The van der Waals surface area contributed by atoms with Crippen LogP contribution in [0.3, 0.4) is 0 Å². The van der Waals surface area contributed by atoms with Crippen LogP contribution in [-0.4, -0.2) is 41.9 Å². The zero-order chi connectivity index (χ0) is 16.1. The first-order valence-electron chi connectivity index (χ1n) is 8.05. The topological polar surface area (TPSA) is 6.48 Å².